The second-order valence-corrected chi connectivity index (χ2v) is 4.10. The van der Waals surface area contributed by atoms with Gasteiger partial charge in [-0.15, -0.1) is 0 Å². The van der Waals surface area contributed by atoms with Crippen LogP contribution in [0.15, 0.2) is 0 Å². The standard InChI is InChI=1S/C11H19NO3/c1-2-5-10(13)12(8-11(14)15)9-6-3-4-7-9/h9H,2-8H2,1H3,(H,14,15). The topological polar surface area (TPSA) is 57.6 Å². The molecule has 1 rings (SSSR count). The SMILES string of the molecule is CCCC(=O)N(CC(=O)O)C1CCCC1. The number of carbonyl (C=O) groups excluding carboxylic acids is 1. The highest BCUT2D eigenvalue weighted by molar-refractivity contribution is 5.81. The van der Waals surface area contributed by atoms with Crippen molar-refractivity contribution in [3.8, 4) is 0 Å². The molecular weight excluding hydrogens is 194 g/mol. The fraction of sp³-hybridized carbons (Fsp3) is 0.818. The van der Waals surface area contributed by atoms with Crippen molar-refractivity contribution in [1.82, 2.24) is 4.90 Å². The number of amides is 1. The average Bonchev–Trinajstić information content (AvgIpc) is 2.66. The fourth-order valence-electron chi connectivity index (χ4n) is 2.14. The molecule has 0 aromatic heterocycles. The molecule has 4 nitrogen and oxygen atoms in total. The molecule has 0 saturated heterocycles. The summed E-state index contributed by atoms with van der Waals surface area (Å²) in [4.78, 5) is 24.0. The molecule has 4 heteroatoms. The normalized spacial score (nSPS) is 16.6. The summed E-state index contributed by atoms with van der Waals surface area (Å²) in [7, 11) is 0. The van der Waals surface area contributed by atoms with Gasteiger partial charge < -0.3 is 10.0 Å². The summed E-state index contributed by atoms with van der Waals surface area (Å²) in [6, 6.07) is 0.167. The number of nitrogens with zero attached hydrogens (tertiary/aromatic N) is 1. The lowest BCUT2D eigenvalue weighted by Crippen LogP contribution is -2.42. The van der Waals surface area contributed by atoms with Crippen LogP contribution in [0, 0.1) is 0 Å². The van der Waals surface area contributed by atoms with Gasteiger partial charge in [0.25, 0.3) is 0 Å². The van der Waals surface area contributed by atoms with E-state index in [2.05, 4.69) is 0 Å². The van der Waals surface area contributed by atoms with E-state index in [-0.39, 0.29) is 18.5 Å². The molecule has 0 radical (unpaired) electrons. The monoisotopic (exact) mass is 213 g/mol. The van der Waals surface area contributed by atoms with Crippen molar-refractivity contribution in [3.63, 3.8) is 0 Å². The Hall–Kier alpha value is -1.06. The van der Waals surface area contributed by atoms with Crippen LogP contribution in [0.5, 0.6) is 0 Å². The van der Waals surface area contributed by atoms with E-state index in [1.807, 2.05) is 6.92 Å². The van der Waals surface area contributed by atoms with Gasteiger partial charge in [0.2, 0.25) is 5.91 Å². The summed E-state index contributed by atoms with van der Waals surface area (Å²) in [6.45, 7) is 1.80. The van der Waals surface area contributed by atoms with Crippen molar-refractivity contribution in [2.45, 2.75) is 51.5 Å². The zero-order chi connectivity index (χ0) is 11.3. The lowest BCUT2D eigenvalue weighted by atomic mass is 10.2. The van der Waals surface area contributed by atoms with E-state index >= 15 is 0 Å². The van der Waals surface area contributed by atoms with Crippen LogP contribution in [-0.2, 0) is 9.59 Å². The Balaban J connectivity index is 2.58. The third-order valence-electron chi connectivity index (χ3n) is 2.86. The van der Waals surface area contributed by atoms with Crippen LogP contribution in [-0.4, -0.2) is 34.5 Å². The molecule has 86 valence electrons. The highest BCUT2D eigenvalue weighted by Crippen LogP contribution is 2.24. The largest absolute Gasteiger partial charge is 0.480 e. The predicted molar refractivity (Wildman–Crippen MR) is 56.5 cm³/mol. The maximum absolute atomic E-state index is 11.7. The van der Waals surface area contributed by atoms with Crippen LogP contribution >= 0.6 is 0 Å². The zero-order valence-corrected chi connectivity index (χ0v) is 9.24. The molecule has 0 aliphatic heterocycles. The minimum Gasteiger partial charge on any atom is -0.480 e. The van der Waals surface area contributed by atoms with E-state index in [1.54, 1.807) is 4.90 Å². The number of hydrogen-bond acceptors (Lipinski definition) is 2. The summed E-state index contributed by atoms with van der Waals surface area (Å²) in [6.07, 6.45) is 5.39. The molecule has 0 aromatic carbocycles. The first-order valence-corrected chi connectivity index (χ1v) is 5.66. The number of aliphatic carboxylic acids is 1. The minimum atomic E-state index is -0.911. The Morgan fingerprint density at radius 1 is 1.33 bits per heavy atom. The maximum Gasteiger partial charge on any atom is 0.323 e. The van der Waals surface area contributed by atoms with Gasteiger partial charge >= 0.3 is 5.97 Å². The van der Waals surface area contributed by atoms with Crippen LogP contribution < -0.4 is 0 Å². The van der Waals surface area contributed by atoms with Crippen LogP contribution in [0.2, 0.25) is 0 Å². The molecule has 1 fully saturated rings. The molecule has 1 saturated carbocycles. The van der Waals surface area contributed by atoms with Gasteiger partial charge in [0, 0.05) is 12.5 Å². The van der Waals surface area contributed by atoms with Crippen molar-refractivity contribution in [2.75, 3.05) is 6.54 Å². The van der Waals surface area contributed by atoms with Crippen LogP contribution in [0.4, 0.5) is 0 Å². The highest BCUT2D eigenvalue weighted by Gasteiger charge is 2.27. The first kappa shape index (κ1) is 12.0. The minimum absolute atomic E-state index is 0.00759. The van der Waals surface area contributed by atoms with E-state index in [0.29, 0.717) is 6.42 Å². The maximum atomic E-state index is 11.7. The summed E-state index contributed by atoms with van der Waals surface area (Å²) < 4.78 is 0. The van der Waals surface area contributed by atoms with Crippen molar-refractivity contribution < 1.29 is 14.7 Å². The van der Waals surface area contributed by atoms with E-state index in [0.717, 1.165) is 32.1 Å². The summed E-state index contributed by atoms with van der Waals surface area (Å²) in [5.41, 5.74) is 0. The molecule has 1 aliphatic carbocycles. The van der Waals surface area contributed by atoms with Gasteiger partial charge in [-0.05, 0) is 19.3 Å². The van der Waals surface area contributed by atoms with Gasteiger partial charge in [0.05, 0.1) is 0 Å². The van der Waals surface area contributed by atoms with Crippen LogP contribution in [0.1, 0.15) is 45.4 Å². The number of hydrogen-bond donors (Lipinski definition) is 1. The van der Waals surface area contributed by atoms with Crippen LogP contribution in [0.25, 0.3) is 0 Å². The molecule has 0 bridgehead atoms. The molecule has 0 aromatic rings. The van der Waals surface area contributed by atoms with Gasteiger partial charge in [0.1, 0.15) is 6.54 Å². The van der Waals surface area contributed by atoms with Crippen molar-refractivity contribution >= 4 is 11.9 Å². The summed E-state index contributed by atoms with van der Waals surface area (Å²) in [5, 5.41) is 8.77. The second-order valence-electron chi connectivity index (χ2n) is 4.10. The number of rotatable bonds is 5. The highest BCUT2D eigenvalue weighted by atomic mass is 16.4. The fourth-order valence-corrected chi connectivity index (χ4v) is 2.14. The predicted octanol–water partition coefficient (Wildman–Crippen LogP) is 1.64. The van der Waals surface area contributed by atoms with E-state index in [9.17, 15) is 9.59 Å². The van der Waals surface area contributed by atoms with Crippen molar-refractivity contribution in [2.24, 2.45) is 0 Å². The lowest BCUT2D eigenvalue weighted by molar-refractivity contribution is -0.146. The van der Waals surface area contributed by atoms with Crippen molar-refractivity contribution in [1.29, 1.82) is 0 Å². The molecule has 1 N–H and O–H groups in total. The smallest absolute Gasteiger partial charge is 0.323 e. The molecule has 1 aliphatic rings. The lowest BCUT2D eigenvalue weighted by Gasteiger charge is -2.27. The molecule has 15 heavy (non-hydrogen) atoms. The molecular formula is C11H19NO3. The third-order valence-corrected chi connectivity index (χ3v) is 2.86. The Bertz CT molecular complexity index is 234. The average molecular weight is 213 g/mol. The third kappa shape index (κ3) is 3.53. The number of carbonyl (C=O) groups is 2. The number of carboxylic acid groups (broad SMARTS) is 1. The van der Waals surface area contributed by atoms with E-state index in [4.69, 9.17) is 5.11 Å². The van der Waals surface area contributed by atoms with Gasteiger partial charge in [-0.1, -0.05) is 19.8 Å². The first-order valence-electron chi connectivity index (χ1n) is 5.66. The Kier molecular flexibility index (Phi) is 4.59. The summed E-state index contributed by atoms with van der Waals surface area (Å²) in [5.74, 6) is -0.918. The molecule has 0 spiro atoms. The molecule has 0 atom stereocenters. The van der Waals surface area contributed by atoms with Crippen molar-refractivity contribution in [3.05, 3.63) is 0 Å². The van der Waals surface area contributed by atoms with Gasteiger partial charge in [-0.25, -0.2) is 0 Å². The van der Waals surface area contributed by atoms with Crippen LogP contribution in [0.3, 0.4) is 0 Å². The second kappa shape index (κ2) is 5.73. The van der Waals surface area contributed by atoms with Gasteiger partial charge in [0.15, 0.2) is 0 Å². The Labute approximate surface area is 90.3 Å². The Morgan fingerprint density at radius 3 is 2.40 bits per heavy atom. The van der Waals surface area contributed by atoms with E-state index < -0.39 is 5.97 Å². The van der Waals surface area contributed by atoms with Gasteiger partial charge in [-0.2, -0.15) is 0 Å². The number of carboxylic acids is 1. The molecule has 1 amide bonds. The summed E-state index contributed by atoms with van der Waals surface area (Å²) >= 11 is 0. The Morgan fingerprint density at radius 2 is 1.93 bits per heavy atom. The van der Waals surface area contributed by atoms with Gasteiger partial charge in [-0.3, -0.25) is 9.59 Å². The quantitative estimate of drug-likeness (QED) is 0.755. The van der Waals surface area contributed by atoms with E-state index in [1.165, 1.54) is 0 Å². The zero-order valence-electron chi connectivity index (χ0n) is 9.24. The molecule has 0 unspecified atom stereocenters. The first-order chi connectivity index (χ1) is 7.15. The molecule has 0 heterocycles.